The number of hydrogen-bond acceptors (Lipinski definition) is 1. The van der Waals surface area contributed by atoms with Crippen LogP contribution in [-0.4, -0.2) is 11.2 Å². The summed E-state index contributed by atoms with van der Waals surface area (Å²) in [5, 5.41) is 9.02. The van der Waals surface area contributed by atoms with Gasteiger partial charge in [0.2, 0.25) is 0 Å². The third kappa shape index (κ3) is 3.09. The Bertz CT molecular complexity index is 121. The molecule has 1 atom stereocenters. The van der Waals surface area contributed by atoms with Crippen LogP contribution in [0.25, 0.3) is 0 Å². The fourth-order valence-electron chi connectivity index (χ4n) is 0.669. The molecule has 0 aliphatic carbocycles. The predicted molar refractivity (Wildman–Crippen MR) is 40.3 cm³/mol. The van der Waals surface area contributed by atoms with Gasteiger partial charge in [0, 0.05) is 0 Å². The highest BCUT2D eigenvalue weighted by Crippen LogP contribution is 2.02. The van der Waals surface area contributed by atoms with Crippen LogP contribution in [0.2, 0.25) is 0 Å². The van der Waals surface area contributed by atoms with E-state index in [0.717, 1.165) is 5.57 Å². The van der Waals surface area contributed by atoms with E-state index in [2.05, 4.69) is 0 Å². The molecule has 9 heavy (non-hydrogen) atoms. The van der Waals surface area contributed by atoms with Gasteiger partial charge in [-0.2, -0.15) is 0 Å². The zero-order valence-corrected chi connectivity index (χ0v) is 6.26. The lowest BCUT2D eigenvalue weighted by atomic mass is 10.1. The first-order valence-electron chi connectivity index (χ1n) is 3.19. The van der Waals surface area contributed by atoms with E-state index < -0.39 is 0 Å². The lowest BCUT2D eigenvalue weighted by molar-refractivity contribution is 0.235. The predicted octanol–water partition coefficient (Wildman–Crippen LogP) is 1.89. The highest BCUT2D eigenvalue weighted by Gasteiger charge is 1.96. The second-order valence-corrected chi connectivity index (χ2v) is 1.96. The highest BCUT2D eigenvalue weighted by molar-refractivity contribution is 5.20. The van der Waals surface area contributed by atoms with Crippen LogP contribution in [-0.2, 0) is 0 Å². The maximum atomic E-state index is 9.02. The van der Waals surface area contributed by atoms with Gasteiger partial charge in [-0.1, -0.05) is 18.2 Å². The highest BCUT2D eigenvalue weighted by atomic mass is 16.3. The molecule has 0 aromatic rings. The van der Waals surface area contributed by atoms with Gasteiger partial charge >= 0.3 is 0 Å². The van der Waals surface area contributed by atoms with Gasteiger partial charge in [-0.15, -0.1) is 0 Å². The van der Waals surface area contributed by atoms with Gasteiger partial charge in [-0.3, -0.25) is 0 Å². The third-order valence-corrected chi connectivity index (χ3v) is 1.17. The zero-order valence-electron chi connectivity index (χ0n) is 6.26. The van der Waals surface area contributed by atoms with E-state index in [9.17, 15) is 0 Å². The largest absolute Gasteiger partial charge is 0.389 e. The molecule has 0 saturated carbocycles. The second kappa shape index (κ2) is 4.33. The summed E-state index contributed by atoms with van der Waals surface area (Å²) in [5.41, 5.74) is 0.970. The van der Waals surface area contributed by atoms with Crippen molar-refractivity contribution in [2.75, 3.05) is 0 Å². The first kappa shape index (κ1) is 8.44. The van der Waals surface area contributed by atoms with E-state index in [1.165, 1.54) is 0 Å². The molecule has 0 aliphatic heterocycles. The first-order chi connectivity index (χ1) is 4.22. The van der Waals surface area contributed by atoms with Gasteiger partial charge < -0.3 is 5.11 Å². The van der Waals surface area contributed by atoms with Crippen LogP contribution < -0.4 is 0 Å². The fraction of sp³-hybridized carbons (Fsp3) is 0.500. The molecule has 0 heterocycles. The summed E-state index contributed by atoms with van der Waals surface area (Å²) in [7, 11) is 0. The van der Waals surface area contributed by atoms with Gasteiger partial charge in [0.15, 0.2) is 0 Å². The van der Waals surface area contributed by atoms with E-state index in [0.29, 0.717) is 0 Å². The van der Waals surface area contributed by atoms with Crippen LogP contribution >= 0.6 is 0 Å². The van der Waals surface area contributed by atoms with Crippen LogP contribution in [0.4, 0.5) is 0 Å². The summed E-state index contributed by atoms with van der Waals surface area (Å²) >= 11 is 0. The third-order valence-electron chi connectivity index (χ3n) is 1.17. The molecule has 0 amide bonds. The van der Waals surface area contributed by atoms with Crippen molar-refractivity contribution in [2.24, 2.45) is 0 Å². The number of allylic oxidation sites excluding steroid dienone is 2. The summed E-state index contributed by atoms with van der Waals surface area (Å²) in [6.07, 6.45) is 5.39. The molecule has 0 saturated heterocycles. The quantitative estimate of drug-likeness (QED) is 0.560. The van der Waals surface area contributed by atoms with Crippen molar-refractivity contribution in [3.05, 3.63) is 23.8 Å². The molecule has 1 nitrogen and oxygen atoms in total. The maximum absolute atomic E-state index is 9.02. The Labute approximate surface area is 56.7 Å². The van der Waals surface area contributed by atoms with Crippen molar-refractivity contribution in [1.29, 1.82) is 0 Å². The van der Waals surface area contributed by atoms with Crippen LogP contribution in [0.3, 0.4) is 0 Å². The minimum absolute atomic E-state index is 0.341. The maximum Gasteiger partial charge on any atom is 0.0758 e. The van der Waals surface area contributed by atoms with E-state index in [1.807, 2.05) is 32.1 Å². The van der Waals surface area contributed by atoms with E-state index in [1.54, 1.807) is 6.92 Å². The van der Waals surface area contributed by atoms with Crippen molar-refractivity contribution in [3.63, 3.8) is 0 Å². The average molecular weight is 126 g/mol. The van der Waals surface area contributed by atoms with Crippen LogP contribution in [0.1, 0.15) is 20.8 Å². The van der Waals surface area contributed by atoms with E-state index in [4.69, 9.17) is 5.11 Å². The van der Waals surface area contributed by atoms with Gasteiger partial charge in [0.1, 0.15) is 0 Å². The van der Waals surface area contributed by atoms with Crippen LogP contribution in [0, 0.1) is 0 Å². The van der Waals surface area contributed by atoms with Crippen molar-refractivity contribution < 1.29 is 5.11 Å². The van der Waals surface area contributed by atoms with Crippen LogP contribution in [0.15, 0.2) is 23.8 Å². The summed E-state index contributed by atoms with van der Waals surface area (Å²) in [5.74, 6) is 0. The lowest BCUT2D eigenvalue weighted by Gasteiger charge is -2.02. The van der Waals surface area contributed by atoms with Crippen molar-refractivity contribution in [2.45, 2.75) is 26.9 Å². The number of hydrogen-bond donors (Lipinski definition) is 1. The Morgan fingerprint density at radius 1 is 1.44 bits per heavy atom. The van der Waals surface area contributed by atoms with Crippen molar-refractivity contribution >= 4 is 0 Å². The standard InChI is InChI=1S/C8H14O/c1-4-6-8(5-2)7(3)9/h4-7,9H,1-3H3/b6-4+,8-5+. The zero-order chi connectivity index (χ0) is 7.28. The first-order valence-corrected chi connectivity index (χ1v) is 3.19. The Balaban J connectivity index is 4.01. The fourth-order valence-corrected chi connectivity index (χ4v) is 0.669. The van der Waals surface area contributed by atoms with Crippen molar-refractivity contribution in [1.82, 2.24) is 0 Å². The molecule has 1 N–H and O–H groups in total. The molecule has 0 aliphatic rings. The Morgan fingerprint density at radius 2 is 2.00 bits per heavy atom. The summed E-state index contributed by atoms with van der Waals surface area (Å²) in [6, 6.07) is 0. The van der Waals surface area contributed by atoms with Gasteiger partial charge in [0.05, 0.1) is 6.10 Å². The van der Waals surface area contributed by atoms with Gasteiger partial charge in [0.25, 0.3) is 0 Å². The summed E-state index contributed by atoms with van der Waals surface area (Å²) in [4.78, 5) is 0. The van der Waals surface area contributed by atoms with E-state index in [-0.39, 0.29) is 6.10 Å². The molecule has 0 aromatic heterocycles. The molecule has 1 heteroatoms. The molecule has 0 radical (unpaired) electrons. The van der Waals surface area contributed by atoms with Gasteiger partial charge in [-0.05, 0) is 26.3 Å². The molecule has 0 rings (SSSR count). The van der Waals surface area contributed by atoms with E-state index >= 15 is 0 Å². The average Bonchev–Trinajstić information content (AvgIpc) is 1.82. The minimum atomic E-state index is -0.341. The molecule has 52 valence electrons. The molecular formula is C8H14O. The number of aliphatic hydroxyl groups is 1. The number of rotatable bonds is 2. The topological polar surface area (TPSA) is 20.2 Å². The smallest absolute Gasteiger partial charge is 0.0758 e. The monoisotopic (exact) mass is 126 g/mol. The number of aliphatic hydroxyl groups excluding tert-OH is 1. The van der Waals surface area contributed by atoms with Crippen LogP contribution in [0.5, 0.6) is 0 Å². The molecular weight excluding hydrogens is 112 g/mol. The SMILES string of the molecule is C/C=C/C(=C\C)C(C)O. The molecule has 1 unspecified atom stereocenters. The molecule has 0 bridgehead atoms. The van der Waals surface area contributed by atoms with Gasteiger partial charge in [-0.25, -0.2) is 0 Å². The second-order valence-electron chi connectivity index (χ2n) is 1.96. The molecule has 0 fully saturated rings. The Hall–Kier alpha value is -0.560. The Kier molecular flexibility index (Phi) is 4.06. The summed E-state index contributed by atoms with van der Waals surface area (Å²) in [6.45, 7) is 5.61. The molecule has 0 aromatic carbocycles. The normalized spacial score (nSPS) is 16.7. The van der Waals surface area contributed by atoms with Crippen molar-refractivity contribution in [3.8, 4) is 0 Å². The minimum Gasteiger partial charge on any atom is -0.389 e. The summed E-state index contributed by atoms with van der Waals surface area (Å²) < 4.78 is 0. The molecule has 0 spiro atoms. The Morgan fingerprint density at radius 3 is 2.11 bits per heavy atom. The lowest BCUT2D eigenvalue weighted by Crippen LogP contribution is -2.00.